The molecule has 0 atom stereocenters. The maximum absolute atomic E-state index is 11.7. The molecule has 18 heavy (non-hydrogen) atoms. The van der Waals surface area contributed by atoms with Crippen molar-refractivity contribution in [2.24, 2.45) is 5.41 Å². The summed E-state index contributed by atoms with van der Waals surface area (Å²) in [5.74, 6) is -0.300. The zero-order valence-electron chi connectivity index (χ0n) is 10.8. The fourth-order valence-corrected chi connectivity index (χ4v) is 1.42. The van der Waals surface area contributed by atoms with Crippen LogP contribution in [0, 0.1) is 5.41 Å². The summed E-state index contributed by atoms with van der Waals surface area (Å²) in [7, 11) is 0. The summed E-state index contributed by atoms with van der Waals surface area (Å²) in [5.41, 5.74) is 3.17. The Morgan fingerprint density at radius 3 is 2.39 bits per heavy atom. The van der Waals surface area contributed by atoms with Crippen LogP contribution in [0.25, 0.3) is 0 Å². The first-order chi connectivity index (χ1) is 8.29. The zero-order valence-corrected chi connectivity index (χ0v) is 10.8. The summed E-state index contributed by atoms with van der Waals surface area (Å²) in [6.45, 7) is 5.49. The van der Waals surface area contributed by atoms with Gasteiger partial charge in [-0.2, -0.15) is 0 Å². The molecule has 0 aromatic carbocycles. The van der Waals surface area contributed by atoms with E-state index in [1.54, 1.807) is 20.8 Å². The lowest BCUT2D eigenvalue weighted by molar-refractivity contribution is -0.129. The number of carbonyl (C=O) groups excluding carboxylic acids is 3. The van der Waals surface area contributed by atoms with Gasteiger partial charge in [0.25, 0.3) is 0 Å². The number of alkyl carbamates (subject to hydrolysis) is 1. The lowest BCUT2D eigenvalue weighted by Gasteiger charge is -2.21. The molecule has 0 aromatic heterocycles. The van der Waals surface area contributed by atoms with Crippen molar-refractivity contribution >= 4 is 18.4 Å². The normalized spacial score (nSPS) is 16.4. The summed E-state index contributed by atoms with van der Waals surface area (Å²) in [4.78, 5) is 33.2. The van der Waals surface area contributed by atoms with Crippen molar-refractivity contribution in [1.82, 2.24) is 16.2 Å². The Balaban J connectivity index is 2.36. The van der Waals surface area contributed by atoms with E-state index in [2.05, 4.69) is 16.2 Å². The highest BCUT2D eigenvalue weighted by Gasteiger charge is 2.50. The quantitative estimate of drug-likeness (QED) is 0.479. The molecular weight excluding hydrogens is 238 g/mol. The highest BCUT2D eigenvalue weighted by molar-refractivity contribution is 5.86. The lowest BCUT2D eigenvalue weighted by atomic mass is 10.1. The van der Waals surface area contributed by atoms with E-state index in [9.17, 15) is 14.4 Å². The molecule has 0 spiro atoms. The zero-order chi connectivity index (χ0) is 13.8. The van der Waals surface area contributed by atoms with Gasteiger partial charge >= 0.3 is 6.09 Å². The van der Waals surface area contributed by atoms with Gasteiger partial charge in [0.05, 0.1) is 5.41 Å². The predicted molar refractivity (Wildman–Crippen MR) is 63.2 cm³/mol. The average Bonchev–Trinajstić information content (AvgIpc) is 3.02. The van der Waals surface area contributed by atoms with Gasteiger partial charge in [0, 0.05) is 6.54 Å². The molecule has 0 aromatic rings. The van der Waals surface area contributed by atoms with Crippen LogP contribution in [-0.4, -0.2) is 30.6 Å². The third-order valence-electron chi connectivity index (χ3n) is 2.55. The van der Waals surface area contributed by atoms with Gasteiger partial charge in [-0.05, 0) is 33.6 Å². The molecule has 1 saturated carbocycles. The van der Waals surface area contributed by atoms with Crippen molar-refractivity contribution in [3.63, 3.8) is 0 Å². The van der Waals surface area contributed by atoms with Crippen molar-refractivity contribution in [2.75, 3.05) is 6.54 Å². The molecule has 1 aliphatic carbocycles. The number of amides is 3. The van der Waals surface area contributed by atoms with Crippen LogP contribution < -0.4 is 16.2 Å². The number of rotatable bonds is 5. The Kier molecular flexibility index (Phi) is 4.15. The minimum atomic E-state index is -0.618. The van der Waals surface area contributed by atoms with Crippen molar-refractivity contribution in [1.29, 1.82) is 0 Å². The number of hydrogen-bond donors (Lipinski definition) is 3. The lowest BCUT2D eigenvalue weighted by Crippen LogP contribution is -2.46. The van der Waals surface area contributed by atoms with Crippen molar-refractivity contribution in [3.8, 4) is 0 Å². The Bertz CT molecular complexity index is 345. The first kappa shape index (κ1) is 14.3. The standard InChI is InChI=1S/C11H19N3O4/c1-10(2,3)18-9(17)12-6-11(4-5-11)8(16)14-13-7-15/h7H,4-6H2,1-3H3,(H,12,17)(H,13,15)(H,14,16). The summed E-state index contributed by atoms with van der Waals surface area (Å²) in [6.07, 6.45) is 1.18. The van der Waals surface area contributed by atoms with Gasteiger partial charge in [0.2, 0.25) is 12.3 Å². The fourth-order valence-electron chi connectivity index (χ4n) is 1.42. The highest BCUT2D eigenvalue weighted by Crippen LogP contribution is 2.45. The molecule has 7 nitrogen and oxygen atoms in total. The molecule has 0 bridgehead atoms. The van der Waals surface area contributed by atoms with E-state index in [1.165, 1.54) is 0 Å². The smallest absolute Gasteiger partial charge is 0.407 e. The van der Waals surface area contributed by atoms with Gasteiger partial charge in [-0.1, -0.05) is 0 Å². The van der Waals surface area contributed by atoms with Crippen molar-refractivity contribution in [2.45, 2.75) is 39.2 Å². The highest BCUT2D eigenvalue weighted by atomic mass is 16.6. The van der Waals surface area contributed by atoms with Crippen LogP contribution in [0.15, 0.2) is 0 Å². The first-order valence-electron chi connectivity index (χ1n) is 5.76. The summed E-state index contributed by atoms with van der Waals surface area (Å²) >= 11 is 0. The van der Waals surface area contributed by atoms with Crippen molar-refractivity contribution < 1.29 is 19.1 Å². The Morgan fingerprint density at radius 1 is 1.33 bits per heavy atom. The molecule has 102 valence electrons. The minimum absolute atomic E-state index is 0.203. The maximum atomic E-state index is 11.7. The van der Waals surface area contributed by atoms with Crippen LogP contribution in [0.4, 0.5) is 4.79 Å². The molecule has 7 heteroatoms. The molecule has 0 radical (unpaired) electrons. The predicted octanol–water partition coefficient (Wildman–Crippen LogP) is 0.0685. The van der Waals surface area contributed by atoms with Gasteiger partial charge in [-0.3, -0.25) is 20.4 Å². The monoisotopic (exact) mass is 257 g/mol. The van der Waals surface area contributed by atoms with Gasteiger partial charge in [-0.15, -0.1) is 0 Å². The summed E-state index contributed by atoms with van der Waals surface area (Å²) < 4.78 is 5.07. The number of nitrogens with one attached hydrogen (secondary N) is 3. The van der Waals surface area contributed by atoms with Crippen LogP contribution in [0.5, 0.6) is 0 Å². The minimum Gasteiger partial charge on any atom is -0.444 e. The summed E-state index contributed by atoms with van der Waals surface area (Å²) in [5, 5.41) is 2.56. The topological polar surface area (TPSA) is 96.5 Å². The van der Waals surface area contributed by atoms with Gasteiger partial charge < -0.3 is 10.1 Å². The molecule has 1 fully saturated rings. The van der Waals surface area contributed by atoms with Crippen LogP contribution in [0.2, 0.25) is 0 Å². The van der Waals surface area contributed by atoms with E-state index >= 15 is 0 Å². The van der Waals surface area contributed by atoms with E-state index in [-0.39, 0.29) is 12.5 Å². The van der Waals surface area contributed by atoms with Gasteiger partial charge in [0.15, 0.2) is 0 Å². The van der Waals surface area contributed by atoms with E-state index in [0.717, 1.165) is 0 Å². The van der Waals surface area contributed by atoms with Crippen LogP contribution in [0.1, 0.15) is 33.6 Å². The van der Waals surface area contributed by atoms with Crippen molar-refractivity contribution in [3.05, 3.63) is 0 Å². The third kappa shape index (κ3) is 4.23. The number of carbonyl (C=O) groups is 3. The molecule has 0 aliphatic heterocycles. The second-order valence-electron chi connectivity index (χ2n) is 5.35. The molecule has 0 saturated heterocycles. The molecule has 1 aliphatic rings. The Morgan fingerprint density at radius 2 is 1.94 bits per heavy atom. The van der Waals surface area contributed by atoms with E-state index in [0.29, 0.717) is 19.3 Å². The SMILES string of the molecule is CC(C)(C)OC(=O)NCC1(C(=O)NNC=O)CC1. The van der Waals surface area contributed by atoms with E-state index in [1.807, 2.05) is 0 Å². The largest absolute Gasteiger partial charge is 0.444 e. The van der Waals surface area contributed by atoms with Gasteiger partial charge in [-0.25, -0.2) is 4.79 Å². The van der Waals surface area contributed by atoms with E-state index < -0.39 is 17.1 Å². The van der Waals surface area contributed by atoms with Crippen LogP contribution in [-0.2, 0) is 14.3 Å². The Hall–Kier alpha value is -1.79. The Labute approximate surface area is 106 Å². The molecule has 3 amide bonds. The second-order valence-corrected chi connectivity index (χ2v) is 5.35. The third-order valence-corrected chi connectivity index (χ3v) is 2.55. The molecule has 0 unspecified atom stereocenters. The molecule has 3 N–H and O–H groups in total. The average molecular weight is 257 g/mol. The van der Waals surface area contributed by atoms with E-state index in [4.69, 9.17) is 4.74 Å². The molecule has 0 heterocycles. The van der Waals surface area contributed by atoms with Crippen LogP contribution in [0.3, 0.4) is 0 Å². The first-order valence-corrected chi connectivity index (χ1v) is 5.76. The maximum Gasteiger partial charge on any atom is 0.407 e. The molecular formula is C11H19N3O4. The van der Waals surface area contributed by atoms with Gasteiger partial charge in [0.1, 0.15) is 5.60 Å². The number of hydrazine groups is 1. The number of hydrogen-bond acceptors (Lipinski definition) is 4. The second kappa shape index (κ2) is 5.24. The van der Waals surface area contributed by atoms with Crippen LogP contribution >= 0.6 is 0 Å². The summed E-state index contributed by atoms with van der Waals surface area (Å²) in [6, 6.07) is 0. The fraction of sp³-hybridized carbons (Fsp3) is 0.727. The number of ether oxygens (including phenoxy) is 1. The molecule has 1 rings (SSSR count).